The van der Waals surface area contributed by atoms with Crippen molar-refractivity contribution in [2.24, 2.45) is 0 Å². The number of sulfonamides is 1. The summed E-state index contributed by atoms with van der Waals surface area (Å²) in [5, 5.41) is 2.12. The molecule has 0 radical (unpaired) electrons. The lowest BCUT2D eigenvalue weighted by molar-refractivity contribution is -0.122. The molecular weight excluding hydrogens is 216 g/mol. The fourth-order valence-electron chi connectivity index (χ4n) is 1.12. The summed E-state index contributed by atoms with van der Waals surface area (Å²) >= 11 is 5.20. The van der Waals surface area contributed by atoms with Gasteiger partial charge in [0.2, 0.25) is 15.9 Å². The van der Waals surface area contributed by atoms with E-state index in [0.29, 0.717) is 19.4 Å². The number of nitrogens with one attached hydrogen (secondary N) is 2. The minimum absolute atomic E-state index is 0.0404. The second kappa shape index (κ2) is 4.26. The predicted molar refractivity (Wildman–Crippen MR) is 48.8 cm³/mol. The quantitative estimate of drug-likeness (QED) is 0.630. The molecule has 0 aromatic heterocycles. The van der Waals surface area contributed by atoms with Crippen LogP contribution in [0.15, 0.2) is 0 Å². The molecule has 2 N–H and O–H groups in total. The first-order valence-corrected chi connectivity index (χ1v) is 6.05. The predicted octanol–water partition coefficient (Wildman–Crippen LogP) is -0.619. The fraction of sp³-hybridized carbons (Fsp3) is 0.833. The molecule has 0 bridgehead atoms. The van der Waals surface area contributed by atoms with Gasteiger partial charge in [-0.15, -0.1) is 11.6 Å². The van der Waals surface area contributed by atoms with Crippen LogP contribution in [0.4, 0.5) is 0 Å². The summed E-state index contributed by atoms with van der Waals surface area (Å²) in [7, 11) is -3.37. The molecule has 1 aliphatic heterocycles. The number of rotatable bonds is 3. The Kier molecular flexibility index (Phi) is 3.52. The first-order valence-electron chi connectivity index (χ1n) is 3.86. The lowest BCUT2D eigenvalue weighted by Gasteiger charge is -2.22. The van der Waals surface area contributed by atoms with E-state index in [1.165, 1.54) is 0 Å². The van der Waals surface area contributed by atoms with Crippen LogP contribution in [0, 0.1) is 0 Å². The number of hydrogen-bond donors (Lipinski definition) is 2. The Balaban J connectivity index is 2.43. The van der Waals surface area contributed by atoms with Crippen molar-refractivity contribution >= 4 is 27.5 Å². The Bertz CT molecular complexity index is 280. The Hall–Kier alpha value is -0.330. The SMILES string of the molecule is O=C1CCC(NS(=O)(=O)CCl)CN1. The van der Waals surface area contributed by atoms with E-state index in [0.717, 1.165) is 0 Å². The highest BCUT2D eigenvalue weighted by Crippen LogP contribution is 2.04. The van der Waals surface area contributed by atoms with Crippen molar-refractivity contribution in [3.63, 3.8) is 0 Å². The number of carbonyl (C=O) groups excluding carboxylic acids is 1. The molecule has 13 heavy (non-hydrogen) atoms. The molecule has 0 aliphatic carbocycles. The molecule has 1 rings (SSSR count). The summed E-state index contributed by atoms with van der Waals surface area (Å²) in [5.41, 5.74) is 0. The van der Waals surface area contributed by atoms with Gasteiger partial charge in [-0.25, -0.2) is 13.1 Å². The van der Waals surface area contributed by atoms with Crippen LogP contribution in [0.3, 0.4) is 0 Å². The highest BCUT2D eigenvalue weighted by atomic mass is 35.5. The Morgan fingerprint density at radius 3 is 2.77 bits per heavy atom. The van der Waals surface area contributed by atoms with Crippen molar-refractivity contribution in [3.05, 3.63) is 0 Å². The van der Waals surface area contributed by atoms with Gasteiger partial charge >= 0.3 is 0 Å². The van der Waals surface area contributed by atoms with Crippen LogP contribution in [0.1, 0.15) is 12.8 Å². The van der Waals surface area contributed by atoms with Gasteiger partial charge in [0.1, 0.15) is 5.21 Å². The van der Waals surface area contributed by atoms with Gasteiger partial charge in [0.15, 0.2) is 0 Å². The van der Waals surface area contributed by atoms with E-state index in [2.05, 4.69) is 10.0 Å². The van der Waals surface area contributed by atoms with Gasteiger partial charge in [0.05, 0.1) is 0 Å². The Morgan fingerprint density at radius 2 is 2.31 bits per heavy atom. The van der Waals surface area contributed by atoms with Gasteiger partial charge in [-0.2, -0.15) is 0 Å². The maximum absolute atomic E-state index is 11.0. The van der Waals surface area contributed by atoms with Crippen LogP contribution in [0.25, 0.3) is 0 Å². The third kappa shape index (κ3) is 3.50. The molecule has 1 heterocycles. The van der Waals surface area contributed by atoms with E-state index in [-0.39, 0.29) is 11.9 Å². The van der Waals surface area contributed by atoms with E-state index in [1.807, 2.05) is 0 Å². The molecule has 1 unspecified atom stereocenters. The van der Waals surface area contributed by atoms with Crippen LogP contribution < -0.4 is 10.0 Å². The zero-order valence-electron chi connectivity index (χ0n) is 6.92. The summed E-state index contributed by atoms with van der Waals surface area (Å²) < 4.78 is 24.4. The van der Waals surface area contributed by atoms with Crippen LogP contribution in [-0.4, -0.2) is 32.1 Å². The van der Waals surface area contributed by atoms with Gasteiger partial charge < -0.3 is 5.32 Å². The minimum atomic E-state index is -3.37. The molecule has 0 aromatic carbocycles. The van der Waals surface area contributed by atoms with E-state index in [9.17, 15) is 13.2 Å². The van der Waals surface area contributed by atoms with E-state index in [1.54, 1.807) is 0 Å². The number of piperidine rings is 1. The first-order chi connectivity index (χ1) is 6.03. The summed E-state index contributed by atoms with van der Waals surface area (Å²) in [6.45, 7) is 0.342. The average Bonchev–Trinajstić information content (AvgIpc) is 2.09. The smallest absolute Gasteiger partial charge is 0.225 e. The van der Waals surface area contributed by atoms with Crippen molar-refractivity contribution in [1.82, 2.24) is 10.0 Å². The molecule has 76 valence electrons. The molecule has 1 amide bonds. The zero-order valence-corrected chi connectivity index (χ0v) is 8.49. The summed E-state index contributed by atoms with van der Waals surface area (Å²) in [5.74, 6) is -0.0404. The molecule has 0 aromatic rings. The van der Waals surface area contributed by atoms with E-state index in [4.69, 9.17) is 11.6 Å². The average molecular weight is 227 g/mol. The minimum Gasteiger partial charge on any atom is -0.355 e. The monoisotopic (exact) mass is 226 g/mol. The highest BCUT2D eigenvalue weighted by Gasteiger charge is 2.21. The Morgan fingerprint density at radius 1 is 1.62 bits per heavy atom. The largest absolute Gasteiger partial charge is 0.355 e. The number of halogens is 1. The fourth-order valence-corrected chi connectivity index (χ4v) is 2.08. The number of alkyl halides is 1. The Labute approximate surface area is 81.9 Å². The van der Waals surface area contributed by atoms with E-state index < -0.39 is 15.2 Å². The molecule has 1 atom stereocenters. The number of amides is 1. The maximum atomic E-state index is 11.0. The van der Waals surface area contributed by atoms with Crippen LogP contribution >= 0.6 is 11.6 Å². The molecule has 5 nitrogen and oxygen atoms in total. The van der Waals surface area contributed by atoms with Gasteiger partial charge in [-0.05, 0) is 6.42 Å². The molecule has 0 saturated carbocycles. The zero-order chi connectivity index (χ0) is 9.90. The maximum Gasteiger partial charge on any atom is 0.225 e. The second-order valence-electron chi connectivity index (χ2n) is 2.88. The van der Waals surface area contributed by atoms with E-state index >= 15 is 0 Å². The van der Waals surface area contributed by atoms with Gasteiger partial charge in [-0.1, -0.05) is 0 Å². The van der Waals surface area contributed by atoms with Gasteiger partial charge in [-0.3, -0.25) is 4.79 Å². The van der Waals surface area contributed by atoms with Crippen LogP contribution in [0.2, 0.25) is 0 Å². The van der Waals surface area contributed by atoms with Crippen molar-refractivity contribution in [1.29, 1.82) is 0 Å². The van der Waals surface area contributed by atoms with Crippen LogP contribution in [-0.2, 0) is 14.8 Å². The molecule has 0 spiro atoms. The van der Waals surface area contributed by atoms with Crippen molar-refractivity contribution in [3.8, 4) is 0 Å². The van der Waals surface area contributed by atoms with Crippen molar-refractivity contribution in [2.45, 2.75) is 18.9 Å². The number of hydrogen-bond acceptors (Lipinski definition) is 3. The molecule has 7 heteroatoms. The molecular formula is C6H11ClN2O3S. The standard InChI is InChI=1S/C6H11ClN2O3S/c7-4-13(11,12)9-5-1-2-6(10)8-3-5/h5,9H,1-4H2,(H,8,10). The van der Waals surface area contributed by atoms with Crippen molar-refractivity contribution in [2.75, 3.05) is 11.8 Å². The summed E-state index contributed by atoms with van der Waals surface area (Å²) in [6.07, 6.45) is 0.886. The molecule has 1 aliphatic rings. The lowest BCUT2D eigenvalue weighted by Crippen LogP contribution is -2.47. The lowest BCUT2D eigenvalue weighted by atomic mass is 10.1. The van der Waals surface area contributed by atoms with Crippen molar-refractivity contribution < 1.29 is 13.2 Å². The third-order valence-corrected chi connectivity index (χ3v) is 3.60. The summed E-state index contributed by atoms with van der Waals surface area (Å²) in [6, 6.07) is -0.221. The topological polar surface area (TPSA) is 75.3 Å². The highest BCUT2D eigenvalue weighted by molar-refractivity contribution is 7.90. The molecule has 1 fully saturated rings. The summed E-state index contributed by atoms with van der Waals surface area (Å²) in [4.78, 5) is 10.7. The second-order valence-corrected chi connectivity index (χ2v) is 5.22. The van der Waals surface area contributed by atoms with Crippen LogP contribution in [0.5, 0.6) is 0 Å². The molecule has 1 saturated heterocycles. The van der Waals surface area contributed by atoms with Gasteiger partial charge in [0, 0.05) is 19.0 Å². The van der Waals surface area contributed by atoms with Gasteiger partial charge in [0.25, 0.3) is 0 Å². The normalized spacial score (nSPS) is 24.1. The third-order valence-electron chi connectivity index (χ3n) is 1.76. The first kappa shape index (κ1) is 10.7. The number of carbonyl (C=O) groups is 1.